The molecule has 0 aliphatic rings. The van der Waals surface area contributed by atoms with Crippen LogP contribution in [0.2, 0.25) is 0 Å². The molecule has 0 radical (unpaired) electrons. The van der Waals surface area contributed by atoms with E-state index in [4.69, 9.17) is 9.47 Å². The summed E-state index contributed by atoms with van der Waals surface area (Å²) >= 11 is 0. The zero-order valence-electron chi connectivity index (χ0n) is 12.3. The summed E-state index contributed by atoms with van der Waals surface area (Å²) in [5.41, 5.74) is 0.788. The lowest BCUT2D eigenvalue weighted by Crippen LogP contribution is -2.11. The molecule has 0 fully saturated rings. The number of hydrogen-bond donors (Lipinski definition) is 2. The number of aromatic nitrogens is 3. The Hall–Kier alpha value is -2.57. The average Bonchev–Trinajstić information content (AvgIpc) is 2.95. The normalized spacial score (nSPS) is 10.2. The number of nitrogens with one attached hydrogen (secondary N) is 2. The first-order valence-electron chi connectivity index (χ1n) is 6.62. The Morgan fingerprint density at radius 3 is 2.71 bits per heavy atom. The summed E-state index contributed by atoms with van der Waals surface area (Å²) in [4.78, 5) is 15.7. The minimum Gasteiger partial charge on any atom is -0.493 e. The molecule has 7 heteroatoms. The second-order valence-electron chi connectivity index (χ2n) is 4.38. The standard InChI is InChI=1S/C14H18N4O3/c1-4-5-12(19)15-14-16-13(17-18-14)9-6-7-10(20-2)11(8-9)21-3/h6-8H,4-5H2,1-3H3,(H2,15,16,17,18,19). The van der Waals surface area contributed by atoms with Crippen molar-refractivity contribution in [2.75, 3.05) is 19.5 Å². The third kappa shape index (κ3) is 3.50. The van der Waals surface area contributed by atoms with E-state index >= 15 is 0 Å². The zero-order chi connectivity index (χ0) is 15.2. The molecule has 1 amide bonds. The number of nitrogens with zero attached hydrogens (tertiary/aromatic N) is 2. The highest BCUT2D eigenvalue weighted by molar-refractivity contribution is 5.89. The van der Waals surface area contributed by atoms with E-state index in [9.17, 15) is 4.79 Å². The van der Waals surface area contributed by atoms with Crippen LogP contribution in [0.3, 0.4) is 0 Å². The molecule has 7 nitrogen and oxygen atoms in total. The van der Waals surface area contributed by atoms with Crippen LogP contribution in [-0.2, 0) is 4.79 Å². The number of ether oxygens (including phenoxy) is 2. The van der Waals surface area contributed by atoms with Gasteiger partial charge >= 0.3 is 0 Å². The van der Waals surface area contributed by atoms with Crippen molar-refractivity contribution in [3.63, 3.8) is 0 Å². The fourth-order valence-corrected chi connectivity index (χ4v) is 1.84. The zero-order valence-corrected chi connectivity index (χ0v) is 12.3. The molecule has 0 saturated heterocycles. The van der Waals surface area contributed by atoms with Crippen LogP contribution in [-0.4, -0.2) is 35.3 Å². The van der Waals surface area contributed by atoms with E-state index in [1.807, 2.05) is 13.0 Å². The second kappa shape index (κ2) is 6.74. The summed E-state index contributed by atoms with van der Waals surface area (Å²) in [5, 5.41) is 9.39. The molecule has 0 saturated carbocycles. The number of aromatic amines is 1. The molecule has 1 aromatic heterocycles. The quantitative estimate of drug-likeness (QED) is 0.851. The Morgan fingerprint density at radius 2 is 2.05 bits per heavy atom. The topological polar surface area (TPSA) is 89.1 Å². The van der Waals surface area contributed by atoms with Crippen molar-refractivity contribution < 1.29 is 14.3 Å². The van der Waals surface area contributed by atoms with Crippen molar-refractivity contribution in [1.29, 1.82) is 0 Å². The third-order valence-corrected chi connectivity index (χ3v) is 2.87. The predicted molar refractivity (Wildman–Crippen MR) is 78.5 cm³/mol. The predicted octanol–water partition coefficient (Wildman–Crippen LogP) is 2.23. The highest BCUT2D eigenvalue weighted by atomic mass is 16.5. The molecular weight excluding hydrogens is 272 g/mol. The Morgan fingerprint density at radius 1 is 1.29 bits per heavy atom. The molecule has 0 unspecified atom stereocenters. The molecule has 0 aliphatic heterocycles. The van der Waals surface area contributed by atoms with Crippen LogP contribution >= 0.6 is 0 Å². The molecule has 0 spiro atoms. The number of rotatable bonds is 6. The van der Waals surface area contributed by atoms with Gasteiger partial charge in [-0.2, -0.15) is 4.98 Å². The summed E-state index contributed by atoms with van der Waals surface area (Å²) in [7, 11) is 3.14. The minimum absolute atomic E-state index is 0.102. The van der Waals surface area contributed by atoms with Gasteiger partial charge in [0.05, 0.1) is 14.2 Å². The number of carbonyl (C=O) groups is 1. The first-order chi connectivity index (χ1) is 10.2. The average molecular weight is 290 g/mol. The summed E-state index contributed by atoms with van der Waals surface area (Å²) in [5.74, 6) is 1.94. The largest absolute Gasteiger partial charge is 0.493 e. The maximum atomic E-state index is 11.5. The van der Waals surface area contributed by atoms with Crippen LogP contribution in [0.25, 0.3) is 11.4 Å². The van der Waals surface area contributed by atoms with Gasteiger partial charge in [-0.15, -0.1) is 5.10 Å². The minimum atomic E-state index is -0.102. The van der Waals surface area contributed by atoms with E-state index in [1.165, 1.54) is 0 Å². The highest BCUT2D eigenvalue weighted by Crippen LogP contribution is 2.31. The van der Waals surface area contributed by atoms with Crippen LogP contribution in [0, 0.1) is 0 Å². The lowest BCUT2D eigenvalue weighted by atomic mass is 10.2. The molecule has 112 valence electrons. The number of anilines is 1. The number of H-pyrrole nitrogens is 1. The summed E-state index contributed by atoms with van der Waals surface area (Å²) in [6.07, 6.45) is 1.22. The van der Waals surface area contributed by atoms with Crippen LogP contribution in [0.15, 0.2) is 18.2 Å². The second-order valence-corrected chi connectivity index (χ2v) is 4.38. The monoisotopic (exact) mass is 290 g/mol. The molecule has 0 bridgehead atoms. The van der Waals surface area contributed by atoms with E-state index in [0.717, 1.165) is 12.0 Å². The maximum Gasteiger partial charge on any atom is 0.249 e. The lowest BCUT2D eigenvalue weighted by molar-refractivity contribution is -0.116. The number of amides is 1. The summed E-state index contributed by atoms with van der Waals surface area (Å²) < 4.78 is 10.4. The maximum absolute atomic E-state index is 11.5. The molecule has 2 aromatic rings. The Balaban J connectivity index is 2.19. The molecule has 1 heterocycles. The van der Waals surface area contributed by atoms with Gasteiger partial charge in [-0.25, -0.2) is 0 Å². The van der Waals surface area contributed by atoms with Crippen molar-refractivity contribution in [3.8, 4) is 22.9 Å². The first kappa shape index (κ1) is 14.8. The van der Waals surface area contributed by atoms with E-state index in [1.54, 1.807) is 26.4 Å². The Bertz CT molecular complexity index is 624. The number of benzene rings is 1. The molecule has 1 aromatic carbocycles. The van der Waals surface area contributed by atoms with Crippen LogP contribution < -0.4 is 14.8 Å². The SMILES string of the molecule is CCCC(=O)Nc1n[nH]c(-c2ccc(OC)c(OC)c2)n1. The van der Waals surface area contributed by atoms with E-state index in [-0.39, 0.29) is 11.9 Å². The van der Waals surface area contributed by atoms with Crippen LogP contribution in [0.5, 0.6) is 11.5 Å². The van der Waals surface area contributed by atoms with Crippen LogP contribution in [0.1, 0.15) is 19.8 Å². The van der Waals surface area contributed by atoms with Gasteiger partial charge in [-0.1, -0.05) is 6.92 Å². The fourth-order valence-electron chi connectivity index (χ4n) is 1.84. The van der Waals surface area contributed by atoms with Crippen molar-refractivity contribution in [2.24, 2.45) is 0 Å². The van der Waals surface area contributed by atoms with Gasteiger partial charge in [0, 0.05) is 12.0 Å². The van der Waals surface area contributed by atoms with Crippen molar-refractivity contribution in [2.45, 2.75) is 19.8 Å². The Labute approximate surface area is 122 Å². The van der Waals surface area contributed by atoms with Gasteiger partial charge < -0.3 is 9.47 Å². The van der Waals surface area contributed by atoms with E-state index in [2.05, 4.69) is 20.5 Å². The van der Waals surface area contributed by atoms with Gasteiger partial charge in [0.15, 0.2) is 17.3 Å². The smallest absolute Gasteiger partial charge is 0.249 e. The fraction of sp³-hybridized carbons (Fsp3) is 0.357. The van der Waals surface area contributed by atoms with Gasteiger partial charge in [0.25, 0.3) is 0 Å². The van der Waals surface area contributed by atoms with Gasteiger partial charge in [0.2, 0.25) is 11.9 Å². The van der Waals surface area contributed by atoms with Gasteiger partial charge in [-0.05, 0) is 24.6 Å². The number of hydrogen-bond acceptors (Lipinski definition) is 5. The lowest BCUT2D eigenvalue weighted by Gasteiger charge is -2.07. The summed E-state index contributed by atoms with van der Waals surface area (Å²) in [6, 6.07) is 5.41. The molecule has 0 atom stereocenters. The summed E-state index contributed by atoms with van der Waals surface area (Å²) in [6.45, 7) is 1.94. The van der Waals surface area contributed by atoms with E-state index in [0.29, 0.717) is 23.7 Å². The van der Waals surface area contributed by atoms with E-state index < -0.39 is 0 Å². The van der Waals surface area contributed by atoms with Crippen molar-refractivity contribution in [1.82, 2.24) is 15.2 Å². The number of methoxy groups -OCH3 is 2. The molecule has 0 aliphatic carbocycles. The molecule has 2 N–H and O–H groups in total. The first-order valence-corrected chi connectivity index (χ1v) is 6.62. The van der Waals surface area contributed by atoms with Crippen molar-refractivity contribution >= 4 is 11.9 Å². The van der Waals surface area contributed by atoms with Gasteiger partial charge in [-0.3, -0.25) is 15.2 Å². The number of carbonyl (C=O) groups excluding carboxylic acids is 1. The van der Waals surface area contributed by atoms with Crippen LogP contribution in [0.4, 0.5) is 5.95 Å². The molecule has 21 heavy (non-hydrogen) atoms. The Kier molecular flexibility index (Phi) is 4.76. The molecular formula is C14H18N4O3. The van der Waals surface area contributed by atoms with Gasteiger partial charge in [0.1, 0.15) is 0 Å². The van der Waals surface area contributed by atoms with Crippen molar-refractivity contribution in [3.05, 3.63) is 18.2 Å². The third-order valence-electron chi connectivity index (χ3n) is 2.87. The highest BCUT2D eigenvalue weighted by Gasteiger charge is 2.11. The molecule has 2 rings (SSSR count).